The molecule has 1 aliphatic rings. The van der Waals surface area contributed by atoms with Crippen molar-refractivity contribution in [1.29, 1.82) is 0 Å². The summed E-state index contributed by atoms with van der Waals surface area (Å²) in [6, 6.07) is 0. The summed E-state index contributed by atoms with van der Waals surface area (Å²) >= 11 is 0. The monoisotopic (exact) mass is 179 g/mol. The fourth-order valence-electron chi connectivity index (χ4n) is 1.12. The smallest absolute Gasteiger partial charge is 0.197 e. The van der Waals surface area contributed by atoms with Crippen LogP contribution in [0.25, 0.3) is 0 Å². The highest BCUT2D eigenvalue weighted by Crippen LogP contribution is 2.22. The van der Waals surface area contributed by atoms with Gasteiger partial charge in [-0.25, -0.2) is 15.0 Å². The van der Waals surface area contributed by atoms with E-state index in [0.29, 0.717) is 11.5 Å². The zero-order valence-corrected chi connectivity index (χ0v) is 7.02. The average Bonchev–Trinajstić information content (AvgIpc) is 2.06. The third-order valence-electron chi connectivity index (χ3n) is 1.67. The normalized spacial score (nSPS) is 20.2. The zero-order chi connectivity index (χ0) is 9.42. The van der Waals surface area contributed by atoms with Gasteiger partial charge in [0, 0.05) is 0 Å². The number of aromatic nitrogens is 2. The van der Waals surface area contributed by atoms with Crippen LogP contribution in [0.2, 0.25) is 0 Å². The highest BCUT2D eigenvalue weighted by molar-refractivity contribution is 5.93. The van der Waals surface area contributed by atoms with Gasteiger partial charge in [0.2, 0.25) is 0 Å². The molecule has 6 heteroatoms. The summed E-state index contributed by atoms with van der Waals surface area (Å²) < 4.78 is 0. The summed E-state index contributed by atoms with van der Waals surface area (Å²) in [6.45, 7) is 1.79. The number of aliphatic hydroxyl groups is 1. The maximum Gasteiger partial charge on any atom is 0.197 e. The number of fused-ring (bicyclic) bond motifs is 1. The van der Waals surface area contributed by atoms with Crippen LogP contribution in [-0.4, -0.2) is 21.0 Å². The first-order chi connectivity index (χ1) is 6.16. The van der Waals surface area contributed by atoms with Gasteiger partial charge >= 0.3 is 0 Å². The predicted octanol–water partition coefficient (Wildman–Crippen LogP) is -0.484. The molecule has 1 atom stereocenters. The maximum atomic E-state index is 9.45. The van der Waals surface area contributed by atoms with E-state index >= 15 is 0 Å². The number of guanidine groups is 1. The molecule has 0 fully saturated rings. The molecule has 0 radical (unpaired) electrons. The van der Waals surface area contributed by atoms with Gasteiger partial charge in [-0.2, -0.15) is 0 Å². The summed E-state index contributed by atoms with van der Waals surface area (Å²) in [7, 11) is 0. The van der Waals surface area contributed by atoms with Crippen molar-refractivity contribution in [3.8, 4) is 0 Å². The molecule has 6 nitrogen and oxygen atoms in total. The number of hydrogen-bond acceptors (Lipinski definition) is 6. The molecule has 0 unspecified atom stereocenters. The predicted molar refractivity (Wildman–Crippen MR) is 47.0 cm³/mol. The van der Waals surface area contributed by atoms with Gasteiger partial charge < -0.3 is 16.2 Å². The van der Waals surface area contributed by atoms with Gasteiger partial charge in [0.15, 0.2) is 18.0 Å². The highest BCUT2D eigenvalue weighted by atomic mass is 16.3. The topological polar surface area (TPSA) is 96.4 Å². The van der Waals surface area contributed by atoms with Crippen molar-refractivity contribution < 1.29 is 5.11 Å². The van der Waals surface area contributed by atoms with Gasteiger partial charge in [-0.15, -0.1) is 0 Å². The van der Waals surface area contributed by atoms with Crippen molar-refractivity contribution >= 4 is 11.8 Å². The number of nitrogens with two attached hydrogens (primary N) is 1. The van der Waals surface area contributed by atoms with E-state index in [0.717, 1.165) is 5.69 Å². The molecule has 13 heavy (non-hydrogen) atoms. The summed E-state index contributed by atoms with van der Waals surface area (Å²) in [5, 5.41) is 12.2. The Hall–Kier alpha value is -1.69. The van der Waals surface area contributed by atoms with Gasteiger partial charge in [0.05, 0.1) is 11.9 Å². The molecule has 0 bridgehead atoms. The lowest BCUT2D eigenvalue weighted by Gasteiger charge is -2.17. The second kappa shape index (κ2) is 2.67. The maximum absolute atomic E-state index is 9.45. The van der Waals surface area contributed by atoms with Crippen molar-refractivity contribution in [2.45, 2.75) is 13.2 Å². The van der Waals surface area contributed by atoms with E-state index < -0.39 is 6.23 Å². The Morgan fingerprint density at radius 1 is 1.62 bits per heavy atom. The molecule has 68 valence electrons. The minimum absolute atomic E-state index is 0.151. The van der Waals surface area contributed by atoms with Crippen LogP contribution in [0.15, 0.2) is 11.2 Å². The van der Waals surface area contributed by atoms with Gasteiger partial charge in [-0.05, 0) is 6.92 Å². The van der Waals surface area contributed by atoms with Crippen LogP contribution in [0.4, 0.5) is 5.82 Å². The molecule has 0 saturated heterocycles. The second-order valence-corrected chi connectivity index (χ2v) is 2.76. The number of rotatable bonds is 0. The molecule has 2 heterocycles. The highest BCUT2D eigenvalue weighted by Gasteiger charge is 2.20. The third kappa shape index (κ3) is 1.31. The van der Waals surface area contributed by atoms with E-state index in [1.54, 1.807) is 13.1 Å². The molecule has 1 aromatic rings. The molecule has 2 rings (SSSR count). The molecule has 1 aliphatic heterocycles. The van der Waals surface area contributed by atoms with E-state index in [2.05, 4.69) is 20.3 Å². The lowest BCUT2D eigenvalue weighted by atomic mass is 10.3. The van der Waals surface area contributed by atoms with Crippen LogP contribution >= 0.6 is 0 Å². The van der Waals surface area contributed by atoms with Crippen molar-refractivity contribution in [3.05, 3.63) is 17.6 Å². The molecular formula is C7H9N5O. The van der Waals surface area contributed by atoms with E-state index in [-0.39, 0.29) is 5.96 Å². The molecule has 0 aliphatic carbocycles. The van der Waals surface area contributed by atoms with Crippen molar-refractivity contribution in [3.63, 3.8) is 0 Å². The standard InChI is InChI=1S/C7H9N5O/c1-3-2-9-5-4(10-3)6(13)12-7(8)11-5/h2,6,13H,1H3,(H3,8,9,11,12)/t6-/m0/s1. The lowest BCUT2D eigenvalue weighted by molar-refractivity contribution is 0.182. The largest absolute Gasteiger partial charge is 0.370 e. The Balaban J connectivity index is 2.50. The first kappa shape index (κ1) is 7.93. The number of nitrogens with zero attached hydrogens (tertiary/aromatic N) is 3. The molecule has 0 spiro atoms. The first-order valence-electron chi connectivity index (χ1n) is 3.79. The molecule has 0 amide bonds. The van der Waals surface area contributed by atoms with Crippen molar-refractivity contribution in [2.24, 2.45) is 10.7 Å². The number of aliphatic hydroxyl groups excluding tert-OH is 1. The van der Waals surface area contributed by atoms with Crippen LogP contribution in [0.1, 0.15) is 17.6 Å². The van der Waals surface area contributed by atoms with E-state index in [4.69, 9.17) is 5.73 Å². The Labute approximate surface area is 74.5 Å². The summed E-state index contributed by atoms with van der Waals surface area (Å²) in [5.74, 6) is 0.615. The van der Waals surface area contributed by atoms with Crippen LogP contribution < -0.4 is 11.1 Å². The van der Waals surface area contributed by atoms with E-state index in [1.807, 2.05) is 0 Å². The summed E-state index contributed by atoms with van der Waals surface area (Å²) in [4.78, 5) is 11.8. The molecule has 0 saturated carbocycles. The van der Waals surface area contributed by atoms with Crippen LogP contribution in [-0.2, 0) is 0 Å². The van der Waals surface area contributed by atoms with Crippen molar-refractivity contribution in [2.75, 3.05) is 5.32 Å². The first-order valence-corrected chi connectivity index (χ1v) is 3.79. The van der Waals surface area contributed by atoms with Crippen LogP contribution in [0.5, 0.6) is 0 Å². The average molecular weight is 179 g/mol. The number of hydrogen-bond donors (Lipinski definition) is 3. The number of anilines is 1. The van der Waals surface area contributed by atoms with Crippen molar-refractivity contribution in [1.82, 2.24) is 9.97 Å². The number of aliphatic imine (C=N–C) groups is 1. The number of nitrogens with one attached hydrogen (secondary N) is 1. The van der Waals surface area contributed by atoms with Gasteiger partial charge in [-0.1, -0.05) is 0 Å². The Morgan fingerprint density at radius 2 is 2.38 bits per heavy atom. The van der Waals surface area contributed by atoms with Gasteiger partial charge in [0.25, 0.3) is 0 Å². The molecule has 1 aromatic heterocycles. The molecule has 4 N–H and O–H groups in total. The fourth-order valence-corrected chi connectivity index (χ4v) is 1.12. The minimum atomic E-state index is -1.01. The zero-order valence-electron chi connectivity index (χ0n) is 7.02. The summed E-state index contributed by atoms with van der Waals surface area (Å²) in [5.41, 5.74) is 6.53. The fraction of sp³-hybridized carbons (Fsp3) is 0.286. The van der Waals surface area contributed by atoms with Gasteiger partial charge in [-0.3, -0.25) is 0 Å². The van der Waals surface area contributed by atoms with Crippen LogP contribution in [0, 0.1) is 6.92 Å². The Morgan fingerprint density at radius 3 is 3.15 bits per heavy atom. The lowest BCUT2D eigenvalue weighted by Crippen LogP contribution is -2.29. The second-order valence-electron chi connectivity index (χ2n) is 2.76. The van der Waals surface area contributed by atoms with E-state index in [1.165, 1.54) is 0 Å². The minimum Gasteiger partial charge on any atom is -0.370 e. The summed E-state index contributed by atoms with van der Waals surface area (Å²) in [6.07, 6.45) is 0.584. The quantitative estimate of drug-likeness (QED) is 0.499. The van der Waals surface area contributed by atoms with Crippen LogP contribution in [0.3, 0.4) is 0 Å². The SMILES string of the molecule is Cc1cnc2c(n1)[C@H](O)N=C(N)N2. The van der Waals surface area contributed by atoms with E-state index in [9.17, 15) is 5.11 Å². The third-order valence-corrected chi connectivity index (χ3v) is 1.67. The molecule has 0 aromatic carbocycles. The number of aryl methyl sites for hydroxylation is 1. The van der Waals surface area contributed by atoms with Gasteiger partial charge in [0.1, 0.15) is 5.69 Å². The Kier molecular flexibility index (Phi) is 1.63. The Bertz CT molecular complexity index is 375. The molecular weight excluding hydrogens is 170 g/mol.